The SMILES string of the molecule is CCOC(=O)C1CCN(C(=O)CNc2ccccc2)CC1. The number of ether oxygens (including phenoxy) is 1. The molecular formula is C16H22N2O3. The number of benzene rings is 1. The average Bonchev–Trinajstić information content (AvgIpc) is 2.54. The summed E-state index contributed by atoms with van der Waals surface area (Å²) in [6.45, 7) is 3.76. The Morgan fingerprint density at radius 3 is 2.52 bits per heavy atom. The van der Waals surface area contributed by atoms with E-state index in [-0.39, 0.29) is 24.3 Å². The molecule has 0 aliphatic carbocycles. The lowest BCUT2D eigenvalue weighted by atomic mass is 9.97. The highest BCUT2D eigenvalue weighted by atomic mass is 16.5. The van der Waals surface area contributed by atoms with Crippen molar-refractivity contribution in [3.05, 3.63) is 30.3 Å². The Labute approximate surface area is 125 Å². The molecule has 1 N–H and O–H groups in total. The molecule has 114 valence electrons. The van der Waals surface area contributed by atoms with Gasteiger partial charge in [-0.25, -0.2) is 0 Å². The van der Waals surface area contributed by atoms with E-state index >= 15 is 0 Å². The highest BCUT2D eigenvalue weighted by molar-refractivity contribution is 5.81. The summed E-state index contributed by atoms with van der Waals surface area (Å²) in [5.41, 5.74) is 0.937. The Morgan fingerprint density at radius 2 is 1.90 bits per heavy atom. The van der Waals surface area contributed by atoms with E-state index in [0.29, 0.717) is 32.5 Å². The van der Waals surface area contributed by atoms with Crippen LogP contribution in [-0.2, 0) is 14.3 Å². The molecule has 1 saturated heterocycles. The van der Waals surface area contributed by atoms with Gasteiger partial charge in [-0.1, -0.05) is 18.2 Å². The summed E-state index contributed by atoms with van der Waals surface area (Å²) in [4.78, 5) is 25.6. The molecule has 0 atom stereocenters. The standard InChI is InChI=1S/C16H22N2O3/c1-2-21-16(20)13-8-10-18(11-9-13)15(19)12-17-14-6-4-3-5-7-14/h3-7,13,17H,2,8-12H2,1H3. The first-order valence-corrected chi connectivity index (χ1v) is 7.44. The monoisotopic (exact) mass is 290 g/mol. The van der Waals surface area contributed by atoms with Gasteiger partial charge in [0.2, 0.25) is 5.91 Å². The number of amides is 1. The molecule has 0 unspecified atom stereocenters. The number of nitrogens with one attached hydrogen (secondary N) is 1. The molecule has 1 amide bonds. The molecule has 0 saturated carbocycles. The lowest BCUT2D eigenvalue weighted by Gasteiger charge is -2.31. The number of piperidine rings is 1. The summed E-state index contributed by atoms with van der Waals surface area (Å²) < 4.78 is 5.03. The van der Waals surface area contributed by atoms with Crippen LogP contribution >= 0.6 is 0 Å². The first-order chi connectivity index (χ1) is 10.2. The Bertz CT molecular complexity index is 468. The van der Waals surface area contributed by atoms with E-state index in [0.717, 1.165) is 5.69 Å². The summed E-state index contributed by atoms with van der Waals surface area (Å²) in [5, 5.41) is 3.11. The Hall–Kier alpha value is -2.04. The van der Waals surface area contributed by atoms with Crippen LogP contribution in [0.3, 0.4) is 0 Å². The maximum atomic E-state index is 12.1. The summed E-state index contributed by atoms with van der Waals surface area (Å²) in [5.74, 6) is -0.121. The third-order valence-corrected chi connectivity index (χ3v) is 3.69. The number of para-hydroxylation sites is 1. The number of esters is 1. The zero-order valence-corrected chi connectivity index (χ0v) is 12.4. The maximum Gasteiger partial charge on any atom is 0.309 e. The average molecular weight is 290 g/mol. The van der Waals surface area contributed by atoms with Crippen LogP contribution in [0, 0.1) is 5.92 Å². The van der Waals surface area contributed by atoms with Crippen LogP contribution in [0.1, 0.15) is 19.8 Å². The number of carbonyl (C=O) groups excluding carboxylic acids is 2. The zero-order valence-electron chi connectivity index (χ0n) is 12.4. The molecule has 1 heterocycles. The van der Waals surface area contributed by atoms with Gasteiger partial charge in [0.1, 0.15) is 0 Å². The molecule has 0 radical (unpaired) electrons. The van der Waals surface area contributed by atoms with Crippen molar-refractivity contribution < 1.29 is 14.3 Å². The number of carbonyl (C=O) groups is 2. The van der Waals surface area contributed by atoms with Crippen molar-refractivity contribution in [2.45, 2.75) is 19.8 Å². The van der Waals surface area contributed by atoms with Crippen LogP contribution in [0.2, 0.25) is 0 Å². The number of hydrogen-bond donors (Lipinski definition) is 1. The second kappa shape index (κ2) is 7.67. The molecule has 1 fully saturated rings. The van der Waals surface area contributed by atoms with Crippen LogP contribution in [0.4, 0.5) is 5.69 Å². The fraction of sp³-hybridized carbons (Fsp3) is 0.500. The number of likely N-dealkylation sites (tertiary alicyclic amines) is 1. The number of rotatable bonds is 5. The van der Waals surface area contributed by atoms with Crippen molar-refractivity contribution in [1.29, 1.82) is 0 Å². The van der Waals surface area contributed by atoms with E-state index in [1.54, 1.807) is 0 Å². The van der Waals surface area contributed by atoms with E-state index in [4.69, 9.17) is 4.74 Å². The molecule has 2 rings (SSSR count). The zero-order chi connectivity index (χ0) is 15.1. The predicted octanol–water partition coefficient (Wildman–Crippen LogP) is 1.90. The van der Waals surface area contributed by atoms with Crippen molar-refractivity contribution in [2.75, 3.05) is 31.6 Å². The van der Waals surface area contributed by atoms with E-state index in [1.807, 2.05) is 42.2 Å². The van der Waals surface area contributed by atoms with Crippen LogP contribution in [-0.4, -0.2) is 43.0 Å². The molecule has 0 bridgehead atoms. The summed E-state index contributed by atoms with van der Waals surface area (Å²) in [7, 11) is 0. The van der Waals surface area contributed by atoms with E-state index in [2.05, 4.69) is 5.32 Å². The molecule has 1 aromatic rings. The van der Waals surface area contributed by atoms with Gasteiger partial charge in [0.05, 0.1) is 19.1 Å². The van der Waals surface area contributed by atoms with Crippen LogP contribution in [0.15, 0.2) is 30.3 Å². The summed E-state index contributed by atoms with van der Waals surface area (Å²) in [6, 6.07) is 9.66. The molecular weight excluding hydrogens is 268 g/mol. The van der Waals surface area contributed by atoms with Crippen LogP contribution in [0.5, 0.6) is 0 Å². The van der Waals surface area contributed by atoms with Gasteiger partial charge in [-0.3, -0.25) is 9.59 Å². The second-order valence-corrected chi connectivity index (χ2v) is 5.13. The maximum absolute atomic E-state index is 12.1. The van der Waals surface area contributed by atoms with Crippen molar-refractivity contribution in [2.24, 2.45) is 5.92 Å². The number of anilines is 1. The van der Waals surface area contributed by atoms with Gasteiger partial charge in [-0.05, 0) is 31.9 Å². The van der Waals surface area contributed by atoms with E-state index < -0.39 is 0 Å². The Balaban J connectivity index is 1.74. The number of nitrogens with zero attached hydrogens (tertiary/aromatic N) is 1. The minimum atomic E-state index is -0.132. The van der Waals surface area contributed by atoms with Gasteiger partial charge >= 0.3 is 5.97 Å². The van der Waals surface area contributed by atoms with Crippen molar-refractivity contribution in [1.82, 2.24) is 4.90 Å². The first kappa shape index (κ1) is 15.4. The molecule has 21 heavy (non-hydrogen) atoms. The van der Waals surface area contributed by atoms with E-state index in [1.165, 1.54) is 0 Å². The molecule has 5 heteroatoms. The van der Waals surface area contributed by atoms with Crippen LogP contribution in [0.25, 0.3) is 0 Å². The molecule has 0 aromatic heterocycles. The van der Waals surface area contributed by atoms with Gasteiger partial charge in [-0.15, -0.1) is 0 Å². The van der Waals surface area contributed by atoms with Gasteiger partial charge in [0.15, 0.2) is 0 Å². The summed E-state index contributed by atoms with van der Waals surface area (Å²) >= 11 is 0. The Kier molecular flexibility index (Phi) is 5.60. The quantitative estimate of drug-likeness (QED) is 0.842. The van der Waals surface area contributed by atoms with Gasteiger partial charge in [0, 0.05) is 18.8 Å². The third-order valence-electron chi connectivity index (χ3n) is 3.69. The summed E-state index contributed by atoms with van der Waals surface area (Å²) in [6.07, 6.45) is 1.38. The molecule has 1 aliphatic heterocycles. The normalized spacial score (nSPS) is 15.6. The smallest absolute Gasteiger partial charge is 0.309 e. The fourth-order valence-corrected chi connectivity index (χ4v) is 2.47. The van der Waals surface area contributed by atoms with Gasteiger partial charge < -0.3 is 15.0 Å². The fourth-order valence-electron chi connectivity index (χ4n) is 2.47. The lowest BCUT2D eigenvalue weighted by Crippen LogP contribution is -2.43. The van der Waals surface area contributed by atoms with Crippen molar-refractivity contribution in [3.8, 4) is 0 Å². The molecule has 1 aliphatic rings. The number of hydrogen-bond acceptors (Lipinski definition) is 4. The molecule has 0 spiro atoms. The molecule has 5 nitrogen and oxygen atoms in total. The largest absolute Gasteiger partial charge is 0.466 e. The third kappa shape index (κ3) is 4.48. The minimum Gasteiger partial charge on any atom is -0.466 e. The van der Waals surface area contributed by atoms with Crippen molar-refractivity contribution in [3.63, 3.8) is 0 Å². The van der Waals surface area contributed by atoms with Crippen molar-refractivity contribution >= 4 is 17.6 Å². The lowest BCUT2D eigenvalue weighted by molar-refractivity contribution is -0.151. The first-order valence-electron chi connectivity index (χ1n) is 7.44. The van der Waals surface area contributed by atoms with E-state index in [9.17, 15) is 9.59 Å². The topological polar surface area (TPSA) is 58.6 Å². The minimum absolute atomic E-state index is 0.0592. The second-order valence-electron chi connectivity index (χ2n) is 5.13. The van der Waals surface area contributed by atoms with Crippen LogP contribution < -0.4 is 5.32 Å². The molecule has 1 aromatic carbocycles. The highest BCUT2D eigenvalue weighted by Crippen LogP contribution is 2.18. The highest BCUT2D eigenvalue weighted by Gasteiger charge is 2.27. The Morgan fingerprint density at radius 1 is 1.24 bits per heavy atom. The van der Waals surface area contributed by atoms with Gasteiger partial charge in [0.25, 0.3) is 0 Å². The predicted molar refractivity (Wildman–Crippen MR) is 80.9 cm³/mol. The van der Waals surface area contributed by atoms with Gasteiger partial charge in [-0.2, -0.15) is 0 Å².